The number of hydrogen-bond donors (Lipinski definition) is 1. The summed E-state index contributed by atoms with van der Waals surface area (Å²) in [4.78, 5) is 14.8. The monoisotopic (exact) mass is 358 g/mol. The second kappa shape index (κ2) is 9.52. The molecule has 0 atom stereocenters. The Labute approximate surface area is 158 Å². The minimum Gasteiger partial charge on any atom is -0.378 e. The standard InChI is InChI=1S/C22H34N2O2/c23-18-22(12-5-2-6-13-22)17-21(25)24-14-9-20(10-15-24)26-16-11-19-7-3-1-4-8-19/h1,3-4,7-8,20H,2,5-6,9-18,23H2. The van der Waals surface area contributed by atoms with Gasteiger partial charge in [-0.25, -0.2) is 0 Å². The zero-order chi connectivity index (χ0) is 18.2. The van der Waals surface area contributed by atoms with Crippen LogP contribution in [0.5, 0.6) is 0 Å². The lowest BCUT2D eigenvalue weighted by Gasteiger charge is -2.39. The summed E-state index contributed by atoms with van der Waals surface area (Å²) in [7, 11) is 0. The molecule has 0 spiro atoms. The van der Waals surface area contributed by atoms with Crippen molar-refractivity contribution in [3.8, 4) is 0 Å². The smallest absolute Gasteiger partial charge is 0.223 e. The normalized spacial score (nSPS) is 20.9. The lowest BCUT2D eigenvalue weighted by atomic mass is 9.71. The molecule has 2 N–H and O–H groups in total. The van der Waals surface area contributed by atoms with E-state index in [4.69, 9.17) is 10.5 Å². The Morgan fingerprint density at radius 1 is 1.12 bits per heavy atom. The summed E-state index contributed by atoms with van der Waals surface area (Å²) >= 11 is 0. The van der Waals surface area contributed by atoms with E-state index < -0.39 is 0 Å². The molecule has 1 heterocycles. The van der Waals surface area contributed by atoms with Gasteiger partial charge in [-0.2, -0.15) is 0 Å². The number of nitrogens with two attached hydrogens (primary N) is 1. The van der Waals surface area contributed by atoms with Crippen LogP contribution in [0.4, 0.5) is 0 Å². The van der Waals surface area contributed by atoms with Crippen molar-refractivity contribution in [3.05, 3.63) is 35.9 Å². The third kappa shape index (κ3) is 5.31. The highest BCUT2D eigenvalue weighted by Gasteiger charge is 2.35. The van der Waals surface area contributed by atoms with Gasteiger partial charge < -0.3 is 15.4 Å². The highest BCUT2D eigenvalue weighted by atomic mass is 16.5. The summed E-state index contributed by atoms with van der Waals surface area (Å²) < 4.78 is 6.05. The predicted octanol–water partition coefficient (Wildman–Crippen LogP) is 3.54. The Morgan fingerprint density at radius 2 is 1.81 bits per heavy atom. The van der Waals surface area contributed by atoms with Crippen molar-refractivity contribution in [3.63, 3.8) is 0 Å². The molecule has 0 aromatic heterocycles. The number of hydrogen-bond acceptors (Lipinski definition) is 3. The first-order chi connectivity index (χ1) is 12.7. The number of nitrogens with zero attached hydrogens (tertiary/aromatic N) is 1. The molecule has 4 heteroatoms. The van der Waals surface area contributed by atoms with E-state index in [1.54, 1.807) is 0 Å². The summed E-state index contributed by atoms with van der Waals surface area (Å²) in [6.45, 7) is 3.07. The molecule has 1 saturated carbocycles. The fraction of sp³-hybridized carbons (Fsp3) is 0.682. The van der Waals surface area contributed by atoms with Gasteiger partial charge in [0.25, 0.3) is 0 Å². The van der Waals surface area contributed by atoms with Crippen molar-refractivity contribution in [1.29, 1.82) is 0 Å². The number of ether oxygens (including phenoxy) is 1. The van der Waals surface area contributed by atoms with Crippen LogP contribution in [-0.4, -0.2) is 43.2 Å². The number of likely N-dealkylation sites (tertiary alicyclic amines) is 1. The minimum absolute atomic E-state index is 0.0678. The van der Waals surface area contributed by atoms with Gasteiger partial charge in [0.15, 0.2) is 0 Å². The van der Waals surface area contributed by atoms with Crippen molar-refractivity contribution < 1.29 is 9.53 Å². The van der Waals surface area contributed by atoms with Crippen LogP contribution in [-0.2, 0) is 16.0 Å². The number of piperidine rings is 1. The molecule has 2 fully saturated rings. The molecule has 26 heavy (non-hydrogen) atoms. The number of benzene rings is 1. The fourth-order valence-electron chi connectivity index (χ4n) is 4.45. The summed E-state index contributed by atoms with van der Waals surface area (Å²) in [5, 5.41) is 0. The van der Waals surface area contributed by atoms with Crippen LogP contribution in [0.1, 0.15) is 56.9 Å². The number of carbonyl (C=O) groups is 1. The van der Waals surface area contributed by atoms with Crippen LogP contribution in [0, 0.1) is 5.41 Å². The van der Waals surface area contributed by atoms with Gasteiger partial charge in [-0.3, -0.25) is 4.79 Å². The van der Waals surface area contributed by atoms with Crippen LogP contribution < -0.4 is 5.73 Å². The molecule has 0 radical (unpaired) electrons. The maximum absolute atomic E-state index is 12.8. The molecular formula is C22H34N2O2. The third-order valence-corrected chi connectivity index (χ3v) is 6.26. The van der Waals surface area contributed by atoms with Crippen LogP contribution in [0.3, 0.4) is 0 Å². The maximum atomic E-state index is 12.8. The molecule has 0 bridgehead atoms. The van der Waals surface area contributed by atoms with Gasteiger partial charge in [0, 0.05) is 19.5 Å². The maximum Gasteiger partial charge on any atom is 0.223 e. The quantitative estimate of drug-likeness (QED) is 0.811. The minimum atomic E-state index is 0.0678. The molecular weight excluding hydrogens is 324 g/mol. The van der Waals surface area contributed by atoms with Crippen LogP contribution in [0.25, 0.3) is 0 Å². The molecule has 2 aliphatic rings. The van der Waals surface area contributed by atoms with E-state index in [0.717, 1.165) is 51.8 Å². The molecule has 3 rings (SSSR count). The van der Waals surface area contributed by atoms with Crippen LogP contribution in [0.2, 0.25) is 0 Å². The van der Waals surface area contributed by atoms with Crippen LogP contribution in [0.15, 0.2) is 30.3 Å². The second-order valence-corrected chi connectivity index (χ2v) is 8.13. The largest absolute Gasteiger partial charge is 0.378 e. The highest BCUT2D eigenvalue weighted by molar-refractivity contribution is 5.77. The average molecular weight is 359 g/mol. The first kappa shape index (κ1) is 19.4. The average Bonchev–Trinajstić information content (AvgIpc) is 2.70. The Kier molecular flexibility index (Phi) is 7.09. The molecule has 0 unspecified atom stereocenters. The number of carbonyl (C=O) groups excluding carboxylic acids is 1. The van der Waals surface area contributed by atoms with Crippen molar-refractivity contribution in [2.24, 2.45) is 11.1 Å². The van der Waals surface area contributed by atoms with Gasteiger partial charge in [0.1, 0.15) is 0 Å². The molecule has 1 aromatic rings. The van der Waals surface area contributed by atoms with Gasteiger partial charge in [0.05, 0.1) is 12.7 Å². The predicted molar refractivity (Wildman–Crippen MR) is 105 cm³/mol. The van der Waals surface area contributed by atoms with E-state index >= 15 is 0 Å². The second-order valence-electron chi connectivity index (χ2n) is 8.13. The number of rotatable bonds is 7. The molecule has 144 valence electrons. The number of amides is 1. The van der Waals surface area contributed by atoms with E-state index in [0.29, 0.717) is 25.0 Å². The molecule has 1 saturated heterocycles. The SMILES string of the molecule is NCC1(CC(=O)N2CCC(OCCc3ccccc3)CC2)CCCCC1. The lowest BCUT2D eigenvalue weighted by Crippen LogP contribution is -2.45. The summed E-state index contributed by atoms with van der Waals surface area (Å²) in [6, 6.07) is 10.5. The molecule has 1 amide bonds. The zero-order valence-corrected chi connectivity index (χ0v) is 16.0. The molecule has 1 aliphatic carbocycles. The van der Waals surface area contributed by atoms with Crippen molar-refractivity contribution in [2.45, 2.75) is 63.9 Å². The first-order valence-corrected chi connectivity index (χ1v) is 10.3. The third-order valence-electron chi connectivity index (χ3n) is 6.26. The molecule has 4 nitrogen and oxygen atoms in total. The lowest BCUT2D eigenvalue weighted by molar-refractivity contribution is -0.136. The first-order valence-electron chi connectivity index (χ1n) is 10.3. The van der Waals surface area contributed by atoms with Crippen LogP contribution >= 0.6 is 0 Å². The van der Waals surface area contributed by atoms with E-state index in [2.05, 4.69) is 24.3 Å². The Hall–Kier alpha value is -1.39. The summed E-state index contributed by atoms with van der Waals surface area (Å²) in [5.41, 5.74) is 7.44. The van der Waals surface area contributed by atoms with E-state index in [1.807, 2.05) is 11.0 Å². The van der Waals surface area contributed by atoms with Crippen molar-refractivity contribution in [1.82, 2.24) is 4.90 Å². The zero-order valence-electron chi connectivity index (χ0n) is 16.0. The van der Waals surface area contributed by atoms with Crippen molar-refractivity contribution >= 4 is 5.91 Å². The Balaban J connectivity index is 1.38. The van der Waals surface area contributed by atoms with E-state index in [-0.39, 0.29) is 5.41 Å². The Bertz CT molecular complexity index is 547. The highest BCUT2D eigenvalue weighted by Crippen LogP contribution is 2.39. The van der Waals surface area contributed by atoms with Gasteiger partial charge in [-0.1, -0.05) is 49.6 Å². The van der Waals surface area contributed by atoms with Gasteiger partial charge in [0.2, 0.25) is 5.91 Å². The van der Waals surface area contributed by atoms with E-state index in [9.17, 15) is 4.79 Å². The summed E-state index contributed by atoms with van der Waals surface area (Å²) in [6.07, 6.45) is 9.78. The van der Waals surface area contributed by atoms with Gasteiger partial charge >= 0.3 is 0 Å². The fourth-order valence-corrected chi connectivity index (χ4v) is 4.45. The van der Waals surface area contributed by atoms with Gasteiger partial charge in [-0.05, 0) is 49.6 Å². The van der Waals surface area contributed by atoms with Crippen molar-refractivity contribution in [2.75, 3.05) is 26.2 Å². The molecule has 1 aromatic carbocycles. The molecule has 1 aliphatic heterocycles. The Morgan fingerprint density at radius 3 is 2.46 bits per heavy atom. The van der Waals surface area contributed by atoms with Gasteiger partial charge in [-0.15, -0.1) is 0 Å². The van der Waals surface area contributed by atoms with E-state index in [1.165, 1.54) is 24.8 Å². The topological polar surface area (TPSA) is 55.6 Å². The summed E-state index contributed by atoms with van der Waals surface area (Å²) in [5.74, 6) is 0.306.